The van der Waals surface area contributed by atoms with Gasteiger partial charge in [-0.15, -0.1) is 0 Å². The third kappa shape index (κ3) is 4.08. The van der Waals surface area contributed by atoms with E-state index in [1.54, 1.807) is 0 Å². The van der Waals surface area contributed by atoms with Crippen molar-refractivity contribution in [2.45, 2.75) is 45.1 Å². The van der Waals surface area contributed by atoms with Crippen LogP contribution in [0.25, 0.3) is 0 Å². The Balaban J connectivity index is 1.72. The molecular formula is C14H28N4O. The van der Waals surface area contributed by atoms with Gasteiger partial charge in [0.25, 0.3) is 0 Å². The molecule has 0 aromatic carbocycles. The van der Waals surface area contributed by atoms with Crippen LogP contribution in [-0.4, -0.2) is 59.6 Å². The van der Waals surface area contributed by atoms with Crippen molar-refractivity contribution < 1.29 is 5.21 Å². The molecule has 2 aliphatic rings. The quantitative estimate of drug-likeness (QED) is 0.349. The minimum Gasteiger partial charge on any atom is -0.409 e. The predicted molar refractivity (Wildman–Crippen MR) is 77.5 cm³/mol. The third-order valence-corrected chi connectivity index (χ3v) is 4.62. The summed E-state index contributed by atoms with van der Waals surface area (Å²) in [7, 11) is 0. The van der Waals surface area contributed by atoms with Gasteiger partial charge in [-0.05, 0) is 51.9 Å². The van der Waals surface area contributed by atoms with Crippen molar-refractivity contribution in [3.05, 3.63) is 0 Å². The van der Waals surface area contributed by atoms with Crippen LogP contribution < -0.4 is 5.73 Å². The van der Waals surface area contributed by atoms with E-state index < -0.39 is 0 Å². The number of hydrogen-bond acceptors (Lipinski definition) is 4. The van der Waals surface area contributed by atoms with E-state index in [-0.39, 0.29) is 5.92 Å². The van der Waals surface area contributed by atoms with Crippen molar-refractivity contribution in [3.63, 3.8) is 0 Å². The molecule has 2 heterocycles. The molecule has 0 saturated carbocycles. The summed E-state index contributed by atoms with van der Waals surface area (Å²) in [4.78, 5) is 5.14. The van der Waals surface area contributed by atoms with Gasteiger partial charge in [0.1, 0.15) is 5.84 Å². The molecule has 5 nitrogen and oxygen atoms in total. The first-order valence-corrected chi connectivity index (χ1v) is 7.64. The number of likely N-dealkylation sites (tertiary alicyclic amines) is 2. The molecule has 0 spiro atoms. The molecule has 1 unspecified atom stereocenters. The van der Waals surface area contributed by atoms with Gasteiger partial charge < -0.3 is 20.7 Å². The molecule has 2 fully saturated rings. The van der Waals surface area contributed by atoms with Crippen LogP contribution in [-0.2, 0) is 0 Å². The SMILES string of the molecule is CC(CN1CCC(N2CCCCC2)CC1)C(N)=NO. The summed E-state index contributed by atoms with van der Waals surface area (Å²) in [6.07, 6.45) is 6.69. The summed E-state index contributed by atoms with van der Waals surface area (Å²) in [6, 6.07) is 0.788. The smallest absolute Gasteiger partial charge is 0.143 e. The van der Waals surface area contributed by atoms with Crippen LogP contribution >= 0.6 is 0 Å². The van der Waals surface area contributed by atoms with E-state index in [2.05, 4.69) is 15.0 Å². The summed E-state index contributed by atoms with van der Waals surface area (Å²) in [6.45, 7) is 7.80. The summed E-state index contributed by atoms with van der Waals surface area (Å²) < 4.78 is 0. The van der Waals surface area contributed by atoms with Crippen molar-refractivity contribution in [2.24, 2.45) is 16.8 Å². The highest BCUT2D eigenvalue weighted by Gasteiger charge is 2.26. The van der Waals surface area contributed by atoms with E-state index in [0.29, 0.717) is 5.84 Å². The zero-order valence-corrected chi connectivity index (χ0v) is 12.1. The maximum absolute atomic E-state index is 8.68. The predicted octanol–water partition coefficient (Wildman–Crippen LogP) is 1.32. The zero-order chi connectivity index (χ0) is 13.7. The van der Waals surface area contributed by atoms with Gasteiger partial charge in [0, 0.05) is 18.5 Å². The van der Waals surface area contributed by atoms with Crippen LogP contribution in [0.4, 0.5) is 0 Å². The molecule has 1 atom stereocenters. The Bertz CT molecular complexity index is 294. The molecule has 0 aliphatic carbocycles. The number of hydrogen-bond donors (Lipinski definition) is 2. The number of piperidine rings is 2. The van der Waals surface area contributed by atoms with Crippen LogP contribution in [0, 0.1) is 5.92 Å². The molecule has 5 heteroatoms. The van der Waals surface area contributed by atoms with Crippen LogP contribution in [0.2, 0.25) is 0 Å². The first-order valence-electron chi connectivity index (χ1n) is 7.64. The lowest BCUT2D eigenvalue weighted by molar-refractivity contribution is 0.0898. The second-order valence-corrected chi connectivity index (χ2v) is 6.05. The van der Waals surface area contributed by atoms with Crippen molar-refractivity contribution in [1.29, 1.82) is 0 Å². The maximum atomic E-state index is 8.68. The summed E-state index contributed by atoms with van der Waals surface area (Å²) >= 11 is 0. The molecular weight excluding hydrogens is 240 g/mol. The molecule has 2 saturated heterocycles. The van der Waals surface area contributed by atoms with Gasteiger partial charge in [0.05, 0.1) is 0 Å². The van der Waals surface area contributed by atoms with Crippen molar-refractivity contribution in [1.82, 2.24) is 9.80 Å². The third-order valence-electron chi connectivity index (χ3n) is 4.62. The second-order valence-electron chi connectivity index (χ2n) is 6.05. The maximum Gasteiger partial charge on any atom is 0.143 e. The summed E-state index contributed by atoms with van der Waals surface area (Å²) in [5, 5.41) is 11.8. The first-order chi connectivity index (χ1) is 9.20. The standard InChI is InChI=1S/C14H28N4O/c1-12(14(15)16-19)11-17-9-5-13(6-10-17)18-7-3-2-4-8-18/h12-13,19H,2-11H2,1H3,(H2,15,16). The van der Waals surface area contributed by atoms with E-state index >= 15 is 0 Å². The fourth-order valence-corrected chi connectivity index (χ4v) is 3.33. The number of oxime groups is 1. The molecule has 0 bridgehead atoms. The Morgan fingerprint density at radius 2 is 1.84 bits per heavy atom. The lowest BCUT2D eigenvalue weighted by atomic mass is 9.99. The number of nitrogens with two attached hydrogens (primary N) is 1. The second kappa shape index (κ2) is 7.10. The van der Waals surface area contributed by atoms with Crippen molar-refractivity contribution in [2.75, 3.05) is 32.7 Å². The van der Waals surface area contributed by atoms with Crippen molar-refractivity contribution >= 4 is 5.84 Å². The van der Waals surface area contributed by atoms with Crippen molar-refractivity contribution in [3.8, 4) is 0 Å². The van der Waals surface area contributed by atoms with E-state index in [0.717, 1.165) is 25.7 Å². The summed E-state index contributed by atoms with van der Waals surface area (Å²) in [5.74, 6) is 0.481. The molecule has 3 N–H and O–H groups in total. The Morgan fingerprint density at radius 3 is 2.42 bits per heavy atom. The molecule has 110 valence electrons. The molecule has 0 aromatic heterocycles. The Labute approximate surface area is 116 Å². The van der Waals surface area contributed by atoms with Crippen LogP contribution in [0.15, 0.2) is 5.16 Å². The minimum atomic E-state index is 0.136. The number of nitrogens with zero attached hydrogens (tertiary/aromatic N) is 3. The van der Waals surface area contributed by atoms with Gasteiger partial charge in [-0.25, -0.2) is 0 Å². The first kappa shape index (κ1) is 14.6. The highest BCUT2D eigenvalue weighted by molar-refractivity contribution is 5.82. The monoisotopic (exact) mass is 268 g/mol. The Morgan fingerprint density at radius 1 is 1.21 bits per heavy atom. The number of rotatable bonds is 4. The van der Waals surface area contributed by atoms with E-state index in [9.17, 15) is 0 Å². The average Bonchev–Trinajstić information content (AvgIpc) is 2.48. The molecule has 0 radical (unpaired) electrons. The molecule has 19 heavy (non-hydrogen) atoms. The average molecular weight is 268 g/mol. The highest BCUT2D eigenvalue weighted by Crippen LogP contribution is 2.21. The Hall–Kier alpha value is -0.810. The van der Waals surface area contributed by atoms with Gasteiger partial charge in [-0.2, -0.15) is 0 Å². The fraction of sp³-hybridized carbons (Fsp3) is 0.929. The zero-order valence-electron chi connectivity index (χ0n) is 12.1. The van der Waals surface area contributed by atoms with Crippen LogP contribution in [0.1, 0.15) is 39.0 Å². The van der Waals surface area contributed by atoms with Gasteiger partial charge in [0.2, 0.25) is 0 Å². The van der Waals surface area contributed by atoms with Crippen LogP contribution in [0.3, 0.4) is 0 Å². The van der Waals surface area contributed by atoms with Gasteiger partial charge in [-0.1, -0.05) is 18.5 Å². The normalized spacial score (nSPS) is 26.5. The number of amidine groups is 1. The Kier molecular flexibility index (Phi) is 5.45. The largest absolute Gasteiger partial charge is 0.409 e. The molecule has 0 aromatic rings. The summed E-state index contributed by atoms with van der Waals surface area (Å²) in [5.41, 5.74) is 5.64. The minimum absolute atomic E-state index is 0.136. The van der Waals surface area contributed by atoms with E-state index in [4.69, 9.17) is 10.9 Å². The van der Waals surface area contributed by atoms with E-state index in [1.807, 2.05) is 6.92 Å². The molecule has 2 aliphatic heterocycles. The van der Waals surface area contributed by atoms with Crippen LogP contribution in [0.5, 0.6) is 0 Å². The molecule has 0 amide bonds. The lowest BCUT2D eigenvalue weighted by Crippen LogP contribution is -2.48. The van der Waals surface area contributed by atoms with Gasteiger partial charge in [-0.3, -0.25) is 0 Å². The molecule has 2 rings (SSSR count). The highest BCUT2D eigenvalue weighted by atomic mass is 16.4. The lowest BCUT2D eigenvalue weighted by Gasteiger charge is -2.40. The van der Waals surface area contributed by atoms with Gasteiger partial charge in [0.15, 0.2) is 0 Å². The van der Waals surface area contributed by atoms with Gasteiger partial charge >= 0.3 is 0 Å². The fourth-order valence-electron chi connectivity index (χ4n) is 3.33. The topological polar surface area (TPSA) is 65.1 Å². The van der Waals surface area contributed by atoms with E-state index in [1.165, 1.54) is 45.2 Å².